The summed E-state index contributed by atoms with van der Waals surface area (Å²) in [6.45, 7) is 5.90. The van der Waals surface area contributed by atoms with Crippen molar-refractivity contribution in [3.63, 3.8) is 0 Å². The molecule has 0 heterocycles. The molecule has 4 heteroatoms. The quantitative estimate of drug-likeness (QED) is 0.681. The predicted octanol–water partition coefficient (Wildman–Crippen LogP) is 3.64. The van der Waals surface area contributed by atoms with Gasteiger partial charge in [0.1, 0.15) is 0 Å². The van der Waals surface area contributed by atoms with Gasteiger partial charge in [-0.2, -0.15) is 0 Å². The summed E-state index contributed by atoms with van der Waals surface area (Å²) < 4.78 is 5.92. The highest BCUT2D eigenvalue weighted by molar-refractivity contribution is 9.10. The van der Waals surface area contributed by atoms with Crippen molar-refractivity contribution in [3.05, 3.63) is 40.0 Å². The van der Waals surface area contributed by atoms with Crippen LogP contribution >= 0.6 is 15.9 Å². The second-order valence-corrected chi connectivity index (χ2v) is 4.57. The third kappa shape index (κ3) is 4.23. The number of carbonyl (C=O) groups is 1. The van der Waals surface area contributed by atoms with Crippen LogP contribution in [-0.4, -0.2) is 12.6 Å². The molecule has 3 nitrogen and oxygen atoms in total. The lowest BCUT2D eigenvalue weighted by molar-refractivity contribution is -0.138. The van der Waals surface area contributed by atoms with Crippen LogP contribution < -0.4 is 5.32 Å². The molecule has 92 valence electrons. The van der Waals surface area contributed by atoms with Gasteiger partial charge in [-0.05, 0) is 44.5 Å². The zero-order valence-electron chi connectivity index (χ0n) is 10.2. The molecule has 0 saturated heterocycles. The lowest BCUT2D eigenvalue weighted by atomic mass is 10.2. The number of anilines is 1. The van der Waals surface area contributed by atoms with Crippen LogP contribution in [0.2, 0.25) is 0 Å². The van der Waals surface area contributed by atoms with Gasteiger partial charge in [-0.25, -0.2) is 4.79 Å². The Morgan fingerprint density at radius 1 is 1.53 bits per heavy atom. The van der Waals surface area contributed by atoms with Gasteiger partial charge < -0.3 is 10.1 Å². The maximum absolute atomic E-state index is 11.4. The van der Waals surface area contributed by atoms with E-state index in [-0.39, 0.29) is 5.97 Å². The minimum Gasteiger partial charge on any atom is -0.463 e. The Kier molecular flexibility index (Phi) is 5.22. The van der Waals surface area contributed by atoms with Gasteiger partial charge >= 0.3 is 5.97 Å². The first kappa shape index (κ1) is 13.8. The number of rotatable bonds is 4. The van der Waals surface area contributed by atoms with Crippen molar-refractivity contribution < 1.29 is 9.53 Å². The van der Waals surface area contributed by atoms with E-state index in [2.05, 4.69) is 21.2 Å². The highest BCUT2D eigenvalue weighted by Crippen LogP contribution is 2.20. The van der Waals surface area contributed by atoms with Crippen molar-refractivity contribution in [1.29, 1.82) is 0 Å². The average molecular weight is 298 g/mol. The second kappa shape index (κ2) is 6.45. The van der Waals surface area contributed by atoms with Crippen LogP contribution in [0, 0.1) is 6.92 Å². The van der Waals surface area contributed by atoms with E-state index in [0.29, 0.717) is 12.2 Å². The highest BCUT2D eigenvalue weighted by atomic mass is 79.9. The average Bonchev–Trinajstić information content (AvgIpc) is 2.27. The van der Waals surface area contributed by atoms with Crippen molar-refractivity contribution in [2.24, 2.45) is 0 Å². The number of hydrogen-bond acceptors (Lipinski definition) is 3. The van der Waals surface area contributed by atoms with Gasteiger partial charge in [0.25, 0.3) is 0 Å². The molecule has 0 atom stereocenters. The summed E-state index contributed by atoms with van der Waals surface area (Å²) >= 11 is 3.40. The molecule has 0 bridgehead atoms. The Morgan fingerprint density at radius 3 is 2.82 bits per heavy atom. The molecule has 0 aromatic heterocycles. The number of hydrogen-bond donors (Lipinski definition) is 1. The van der Waals surface area contributed by atoms with Crippen molar-refractivity contribution >= 4 is 27.6 Å². The number of halogens is 1. The molecule has 0 fully saturated rings. The number of aryl methyl sites for hydroxylation is 1. The molecule has 17 heavy (non-hydrogen) atoms. The zero-order valence-corrected chi connectivity index (χ0v) is 11.8. The van der Waals surface area contributed by atoms with Crippen LogP contribution in [-0.2, 0) is 9.53 Å². The fraction of sp³-hybridized carbons (Fsp3) is 0.308. The monoisotopic (exact) mass is 297 g/mol. The lowest BCUT2D eigenvalue weighted by Gasteiger charge is -2.07. The Labute approximate surface area is 110 Å². The molecule has 0 unspecified atom stereocenters. The van der Waals surface area contributed by atoms with Gasteiger partial charge in [0, 0.05) is 16.4 Å². The van der Waals surface area contributed by atoms with Crippen LogP contribution in [0.15, 0.2) is 34.4 Å². The van der Waals surface area contributed by atoms with Gasteiger partial charge in [-0.15, -0.1) is 0 Å². The van der Waals surface area contributed by atoms with Crippen molar-refractivity contribution in [2.75, 3.05) is 11.9 Å². The second-order valence-electron chi connectivity index (χ2n) is 3.65. The van der Waals surface area contributed by atoms with Crippen LogP contribution in [0.25, 0.3) is 0 Å². The maximum Gasteiger partial charge on any atom is 0.335 e. The first-order chi connectivity index (χ1) is 8.04. The summed E-state index contributed by atoms with van der Waals surface area (Å²) in [6, 6.07) is 5.91. The van der Waals surface area contributed by atoms with E-state index >= 15 is 0 Å². The van der Waals surface area contributed by atoms with Crippen LogP contribution in [0.3, 0.4) is 0 Å². The molecule has 0 amide bonds. The Balaban J connectivity index is 2.72. The Hall–Kier alpha value is -1.29. The summed E-state index contributed by atoms with van der Waals surface area (Å²) in [4.78, 5) is 11.4. The minimum atomic E-state index is -0.297. The molecule has 0 radical (unpaired) electrons. The van der Waals surface area contributed by atoms with E-state index < -0.39 is 0 Å². The Bertz CT molecular complexity index is 441. The number of carbonyl (C=O) groups excluding carboxylic acids is 1. The molecule has 1 N–H and O–H groups in total. The van der Waals surface area contributed by atoms with Crippen LogP contribution in [0.1, 0.15) is 19.4 Å². The van der Waals surface area contributed by atoms with Gasteiger partial charge in [-0.3, -0.25) is 0 Å². The van der Waals surface area contributed by atoms with Crippen LogP contribution in [0.5, 0.6) is 0 Å². The maximum atomic E-state index is 11.4. The van der Waals surface area contributed by atoms with Crippen LogP contribution in [0.4, 0.5) is 5.69 Å². The van der Waals surface area contributed by atoms with Gasteiger partial charge in [0.2, 0.25) is 0 Å². The van der Waals surface area contributed by atoms with E-state index in [1.54, 1.807) is 20.0 Å². The van der Waals surface area contributed by atoms with E-state index in [9.17, 15) is 4.79 Å². The molecular formula is C13H16BrNO2. The third-order valence-electron chi connectivity index (χ3n) is 2.23. The number of benzene rings is 1. The predicted molar refractivity (Wildman–Crippen MR) is 72.9 cm³/mol. The fourth-order valence-electron chi connectivity index (χ4n) is 1.28. The van der Waals surface area contributed by atoms with E-state index in [0.717, 1.165) is 15.7 Å². The van der Waals surface area contributed by atoms with Crippen molar-refractivity contribution in [2.45, 2.75) is 20.8 Å². The third-order valence-corrected chi connectivity index (χ3v) is 2.72. The smallest absolute Gasteiger partial charge is 0.335 e. The van der Waals surface area contributed by atoms with E-state index in [1.807, 2.05) is 25.1 Å². The fourth-order valence-corrected chi connectivity index (χ4v) is 1.75. The highest BCUT2D eigenvalue weighted by Gasteiger charge is 2.04. The molecule has 0 aliphatic carbocycles. The summed E-state index contributed by atoms with van der Waals surface area (Å²) in [5.74, 6) is -0.297. The number of esters is 1. The largest absolute Gasteiger partial charge is 0.463 e. The molecule has 1 aromatic carbocycles. The minimum absolute atomic E-state index is 0.297. The molecule has 0 spiro atoms. The molecular weight excluding hydrogens is 282 g/mol. The summed E-state index contributed by atoms with van der Waals surface area (Å²) in [5.41, 5.74) is 2.62. The summed E-state index contributed by atoms with van der Waals surface area (Å²) in [5, 5.41) is 3.10. The normalized spacial score (nSPS) is 11.2. The molecule has 0 saturated carbocycles. The lowest BCUT2D eigenvalue weighted by Crippen LogP contribution is -2.06. The van der Waals surface area contributed by atoms with Crippen molar-refractivity contribution in [1.82, 2.24) is 0 Å². The van der Waals surface area contributed by atoms with E-state index in [4.69, 9.17) is 4.74 Å². The first-order valence-corrected chi connectivity index (χ1v) is 6.20. The molecule has 0 aliphatic heterocycles. The number of nitrogens with one attached hydrogen (secondary N) is 1. The zero-order chi connectivity index (χ0) is 12.8. The van der Waals surface area contributed by atoms with Gasteiger partial charge in [0.05, 0.1) is 12.2 Å². The molecule has 1 rings (SSSR count). The summed E-state index contributed by atoms with van der Waals surface area (Å²) in [7, 11) is 0. The topological polar surface area (TPSA) is 38.3 Å². The SMILES string of the molecule is CCOC(=O)/C(C)=C/Nc1ccc(Br)cc1C. The number of ether oxygens (including phenoxy) is 1. The molecule has 0 aliphatic rings. The van der Waals surface area contributed by atoms with Gasteiger partial charge in [-0.1, -0.05) is 15.9 Å². The van der Waals surface area contributed by atoms with Gasteiger partial charge in [0.15, 0.2) is 0 Å². The van der Waals surface area contributed by atoms with E-state index in [1.165, 1.54) is 0 Å². The Morgan fingerprint density at radius 2 is 2.24 bits per heavy atom. The first-order valence-electron chi connectivity index (χ1n) is 5.41. The van der Waals surface area contributed by atoms with Crippen molar-refractivity contribution in [3.8, 4) is 0 Å². The summed E-state index contributed by atoms with van der Waals surface area (Å²) in [6.07, 6.45) is 1.66. The molecule has 1 aromatic rings. The standard InChI is InChI=1S/C13H16BrNO2/c1-4-17-13(16)10(3)8-15-12-6-5-11(14)7-9(12)2/h5-8,15H,4H2,1-3H3/b10-8+.